The Labute approximate surface area is 1040 Å². The van der Waals surface area contributed by atoms with Crippen LogP contribution >= 0.6 is 0 Å². The molecule has 0 radical (unpaired) electrons. The Bertz CT molecular complexity index is 923. The number of aromatic nitrogens is 2. The van der Waals surface area contributed by atoms with Crippen molar-refractivity contribution < 1.29 is 185 Å². The summed E-state index contributed by atoms with van der Waals surface area (Å²) in [7, 11) is 1.83. The third kappa shape index (κ3) is 92.3. The average molecular weight is 2620 g/mol. The maximum atomic E-state index is 13.9. The van der Waals surface area contributed by atoms with Gasteiger partial charge in [-0.15, -0.1) is 5.82 Å². The summed E-state index contributed by atoms with van der Waals surface area (Å²) in [5, 5.41) is 4.46. The molecule has 1 heterocycles. The van der Waals surface area contributed by atoms with Crippen LogP contribution in [0.1, 0.15) is 23.9 Å². The molecule has 0 fully saturated rings. The van der Waals surface area contributed by atoms with E-state index in [1.807, 2.05) is 20.9 Å². The zero-order valence-electron chi connectivity index (χ0n) is 41.2. The van der Waals surface area contributed by atoms with E-state index in [9.17, 15) is 8.78 Å². The normalized spacial score (nSPS) is 6.98. The summed E-state index contributed by atoms with van der Waals surface area (Å²) in [5.74, 6) is -0.611. The van der Waals surface area contributed by atoms with E-state index in [4.69, 9.17) is 0 Å². The minimum atomic E-state index is -0.340. The van der Waals surface area contributed by atoms with Crippen molar-refractivity contribution in [2.45, 2.75) is 20.3 Å². The molecule has 50 heavy (non-hydrogen) atoms. The number of aryl methyl sites for hydroxylation is 3. The predicted octanol–water partition coefficient (Wildman–Crippen LogP) is -13.8. The Morgan fingerprint density at radius 3 is 1.32 bits per heavy atom. The quantitative estimate of drug-likeness (QED) is 0.239. The average Bonchev–Trinajstić information content (AvgIpc) is 3.47. The van der Waals surface area contributed by atoms with Crippen LogP contribution in [0.4, 0.5) is 8.78 Å². The molecule has 3 aromatic rings. The monoisotopic (exact) mass is 2600 g/mol. The molecule has 0 aliphatic heterocycles. The van der Waals surface area contributed by atoms with Gasteiger partial charge in [0, 0.05) is 18.3 Å². The minimum absolute atomic E-state index is 0. The molecule has 0 amide bonds. The molecule has 31 heteroatoms. The Balaban J connectivity index is -0.0000000351. The maximum absolute atomic E-state index is 13.9. The van der Waals surface area contributed by atoms with Crippen molar-refractivity contribution in [3.8, 4) is 11.1 Å². The third-order valence-electron chi connectivity index (χ3n) is 3.97. The first kappa shape index (κ1) is 126. The van der Waals surface area contributed by atoms with E-state index < -0.39 is 0 Å². The van der Waals surface area contributed by atoms with Gasteiger partial charge in [-0.25, -0.2) is 9.95 Å². The van der Waals surface area contributed by atoms with Gasteiger partial charge in [-0.1, -0.05) is 6.07 Å². The topological polar surface area (TPSA) is 17.8 Å². The molecule has 0 bridgehead atoms. The van der Waals surface area contributed by atoms with E-state index >= 15 is 0 Å². The van der Waals surface area contributed by atoms with Gasteiger partial charge in [0.1, 0.15) is 5.82 Å². The number of rotatable bonds is 3. The van der Waals surface area contributed by atoms with Gasteiger partial charge in [-0.3, -0.25) is 10.7 Å². The fourth-order valence-electron chi connectivity index (χ4n) is 2.87. The fraction of sp³-hybridized carbons (Fsp3) is 0.211. The molecule has 0 aliphatic carbocycles. The van der Waals surface area contributed by atoms with Crippen LogP contribution in [0.15, 0.2) is 30.3 Å². The number of benzene rings is 2. The Kier molecular flexibility index (Phi) is 315. The van der Waals surface area contributed by atoms with Crippen molar-refractivity contribution in [1.82, 2.24) is 9.78 Å². The van der Waals surface area contributed by atoms with Crippen LogP contribution in [0.25, 0.3) is 11.1 Å². The fourth-order valence-corrected chi connectivity index (χ4v) is 2.87. The Morgan fingerprint density at radius 2 is 1.00 bits per heavy atom. The molecule has 0 atom stereocenters. The first-order valence-electron chi connectivity index (χ1n) is 19.3. The zero-order chi connectivity index (χ0) is 40.6. The summed E-state index contributed by atoms with van der Waals surface area (Å²) in [6.07, 6.45) is 0.365. The van der Waals surface area contributed by atoms with Crippen LogP contribution in [0.3, 0.4) is 0 Å². The molecule has 2 nitrogen and oxygen atoms in total. The number of nitrogens with zero attached hydrogens (tertiary/aromatic N) is 2. The van der Waals surface area contributed by atoms with Crippen LogP contribution in [0, 0.1) is 37.6 Å². The van der Waals surface area contributed by atoms with Gasteiger partial charge < -0.3 is 24.0 Å². The van der Waals surface area contributed by atoms with Crippen molar-refractivity contribution in [1.29, 1.82) is 0 Å². The van der Waals surface area contributed by atoms with Gasteiger partial charge in [0.05, 0.1) is 5.69 Å². The van der Waals surface area contributed by atoms with Gasteiger partial charge in [-0.05, 0) is 43.5 Å². The third-order valence-corrected chi connectivity index (χ3v) is 3.97. The predicted molar refractivity (Wildman–Crippen MR) is 224 cm³/mol. The van der Waals surface area contributed by atoms with Crippen molar-refractivity contribution in [3.63, 3.8) is 0 Å². The second-order valence-electron chi connectivity index (χ2n) is 5.59. The van der Waals surface area contributed by atoms with Crippen molar-refractivity contribution in [2.24, 2.45) is 7.05 Å². The van der Waals surface area contributed by atoms with Crippen molar-refractivity contribution in [3.05, 3.63) is 76.6 Å². The van der Waals surface area contributed by atoms with E-state index in [1.54, 1.807) is 16.8 Å². The summed E-state index contributed by atoms with van der Waals surface area (Å²) in [4.78, 5) is 0. The van der Waals surface area contributed by atoms with Crippen LogP contribution in [0.2, 0.25) is 0 Å². The summed E-state index contributed by atoms with van der Waals surface area (Å²) >= 11 is 27.8. The number of hydrogen-bond acceptors (Lipinski definition) is 1. The molecule has 0 spiro atoms. The molecular weight excluding hydrogens is 2600 g/mol. The van der Waals surface area contributed by atoms with E-state index in [-0.39, 0.29) is 188 Å². The van der Waals surface area contributed by atoms with Gasteiger partial charge in [0.2, 0.25) is 0 Å². The number of halogens is 2. The molecule has 1 aromatic heterocycles. The molecule has 2 aromatic carbocycles. The second-order valence-corrected chi connectivity index (χ2v) is 5.59. The SMILES string of the molecule is Cc1cc(F)ccc1-c1c(C)nn(C)c1Cc1[c-]c[c-]cc1F.[H-].[Rb+].[Rb+].[Rb+].[Rb][Rb].[Rb][Rb].[Rb][Rb].[Rb][Rb].[Rb][Rb].[Rb][Rb].[Rb][Rb].[Rb][Rb].[Rb][Rb].[Rb][Rb].[Rb][Rb].[Rb][Rb]. The van der Waals surface area contributed by atoms with E-state index in [1.165, 1.54) is 18.2 Å². The summed E-state index contributed by atoms with van der Waals surface area (Å²) < 4.78 is 29.1. The van der Waals surface area contributed by atoms with E-state index in [2.05, 4.69) is 17.2 Å². The van der Waals surface area contributed by atoms with E-state index in [0.717, 1.165) is 841 Å². The molecule has 3 rings (SSSR count). The van der Waals surface area contributed by atoms with E-state index in [0.29, 0.717) is 12.0 Å². The molecule has 0 saturated heterocycles. The van der Waals surface area contributed by atoms with Gasteiger partial charge in [0.15, 0.2) is 0 Å². The molecule has 0 saturated carbocycles. The summed E-state index contributed by atoms with van der Waals surface area (Å²) in [6.45, 7) is 3.76. The molecule has 0 N–H and O–H groups in total. The van der Waals surface area contributed by atoms with Gasteiger partial charge in [0.25, 0.3) is 0 Å². The van der Waals surface area contributed by atoms with Crippen LogP contribution in [-0.4, -0.2) is 822 Å². The second kappa shape index (κ2) is 125. The zero-order valence-corrected chi connectivity index (χ0v) is 173. The molecule has 0 aliphatic rings. The van der Waals surface area contributed by atoms with Crippen LogP contribution < -0.4 is 175 Å². The Hall–Kier alpha value is 46.3. The summed E-state index contributed by atoms with van der Waals surface area (Å²) in [5.41, 5.74) is 4.83. The first-order valence-corrected chi connectivity index (χ1v) is 427. The van der Waals surface area contributed by atoms with Crippen LogP contribution in [0.5, 0.6) is 0 Å². The van der Waals surface area contributed by atoms with Gasteiger partial charge >= 0.3 is 987 Å². The van der Waals surface area contributed by atoms with Crippen molar-refractivity contribution in [2.75, 3.05) is 0 Å². The summed E-state index contributed by atoms with van der Waals surface area (Å²) in [6, 6.07) is 13.1. The van der Waals surface area contributed by atoms with Crippen molar-refractivity contribution >= 4 is 813 Å². The molecular formula is C19H17F2N2Rb27. The Morgan fingerprint density at radius 1 is 0.640 bits per heavy atom. The first-order chi connectivity index (χ1) is 23.0. The van der Waals surface area contributed by atoms with Gasteiger partial charge in [-0.2, -0.15) is 5.10 Å². The number of hydrogen-bond donors (Lipinski definition) is 0. The molecule has 144 valence electrons. The molecule has 0 unspecified atom stereocenters. The standard InChI is InChI=1S/C19H16F2N2.27Rb.H/c1-12-10-15(20)8-9-16(12)19-13(2)22-23(3)18(19)11-14-6-4-5-7-17(14)21;;;;;;;;;;;;;;;;;;;;;;;;;;;;/h4,7-10H,11H2,1-3H3;;;;;;;;;;;;;;;;;;;;;;;;;;;;/q-2;;;;;;;;;;;;;;;;;;;;;;;;;3*+1;-1. The van der Waals surface area contributed by atoms with Crippen LogP contribution in [-0.2, 0) is 13.5 Å².